The Hall–Kier alpha value is -1.74. The number of alkyl halides is 1. The topological polar surface area (TPSA) is 25.2 Å². The second-order valence-electron chi connectivity index (χ2n) is 5.89. The molecule has 3 nitrogen and oxygen atoms in total. The molecule has 0 radical (unpaired) electrons. The highest BCUT2D eigenvalue weighted by Crippen LogP contribution is 2.25. The Morgan fingerprint density at radius 2 is 1.68 bits per heavy atom. The molecule has 22 heavy (non-hydrogen) atoms. The maximum Gasteiger partial charge on any atom is 0.179 e. The molecule has 4 heteroatoms. The number of aryl methyl sites for hydroxylation is 1. The van der Waals surface area contributed by atoms with Crippen LogP contribution in [0.25, 0.3) is 5.69 Å². The highest BCUT2D eigenvalue weighted by Gasteiger charge is 2.16. The molecule has 1 aromatic heterocycles. The van der Waals surface area contributed by atoms with Crippen LogP contribution in [0, 0.1) is 13.8 Å². The fraction of sp³-hybridized carbons (Fsp3) is 0.389. The van der Waals surface area contributed by atoms with Crippen LogP contribution in [0.1, 0.15) is 34.6 Å². The van der Waals surface area contributed by atoms with Crippen LogP contribution in [0.3, 0.4) is 0 Å². The standard InChI is InChI=1S/C18H21ClN2O/c1-13-11-17(18(22)12-19)14(2)21(13)16-7-5-15(6-8-16)20-9-3-4-10-20/h5-8,11H,3-4,9-10,12H2,1-2H3. The van der Waals surface area contributed by atoms with E-state index in [-0.39, 0.29) is 11.7 Å². The summed E-state index contributed by atoms with van der Waals surface area (Å²) in [5, 5.41) is 0. The summed E-state index contributed by atoms with van der Waals surface area (Å²) < 4.78 is 2.12. The fourth-order valence-electron chi connectivity index (χ4n) is 3.30. The van der Waals surface area contributed by atoms with Gasteiger partial charge in [0.25, 0.3) is 0 Å². The van der Waals surface area contributed by atoms with E-state index in [9.17, 15) is 4.79 Å². The van der Waals surface area contributed by atoms with Gasteiger partial charge in [0.05, 0.1) is 5.88 Å². The van der Waals surface area contributed by atoms with Gasteiger partial charge in [0.1, 0.15) is 0 Å². The molecule has 0 saturated carbocycles. The van der Waals surface area contributed by atoms with E-state index in [1.165, 1.54) is 18.5 Å². The Morgan fingerprint density at radius 3 is 2.27 bits per heavy atom. The van der Waals surface area contributed by atoms with Crippen molar-refractivity contribution in [2.24, 2.45) is 0 Å². The quantitative estimate of drug-likeness (QED) is 0.626. The average Bonchev–Trinajstić information content (AvgIpc) is 3.15. The Labute approximate surface area is 136 Å². The summed E-state index contributed by atoms with van der Waals surface area (Å²) in [6.07, 6.45) is 2.56. The molecule has 0 atom stereocenters. The normalized spacial score (nSPS) is 14.6. The average molecular weight is 317 g/mol. The molecule has 0 spiro atoms. The maximum atomic E-state index is 11.9. The molecule has 2 aromatic rings. The van der Waals surface area contributed by atoms with Crippen molar-refractivity contribution in [2.45, 2.75) is 26.7 Å². The van der Waals surface area contributed by atoms with Crippen molar-refractivity contribution >= 4 is 23.1 Å². The van der Waals surface area contributed by atoms with Crippen molar-refractivity contribution in [1.29, 1.82) is 0 Å². The van der Waals surface area contributed by atoms with E-state index in [0.717, 1.165) is 35.7 Å². The van der Waals surface area contributed by atoms with E-state index in [2.05, 4.69) is 33.7 Å². The number of benzene rings is 1. The third-order valence-corrected chi connectivity index (χ3v) is 4.67. The van der Waals surface area contributed by atoms with E-state index >= 15 is 0 Å². The molecule has 1 aliphatic rings. The second kappa shape index (κ2) is 6.17. The highest BCUT2D eigenvalue weighted by molar-refractivity contribution is 6.30. The first-order chi connectivity index (χ1) is 10.6. The van der Waals surface area contributed by atoms with Crippen molar-refractivity contribution in [3.05, 3.63) is 47.3 Å². The summed E-state index contributed by atoms with van der Waals surface area (Å²) >= 11 is 5.70. The van der Waals surface area contributed by atoms with Gasteiger partial charge < -0.3 is 9.47 Å². The minimum atomic E-state index is -0.0188. The Kier molecular flexibility index (Phi) is 4.25. The smallest absolute Gasteiger partial charge is 0.179 e. The van der Waals surface area contributed by atoms with Gasteiger partial charge in [-0.05, 0) is 57.0 Å². The summed E-state index contributed by atoms with van der Waals surface area (Å²) in [7, 11) is 0. The van der Waals surface area contributed by atoms with Gasteiger partial charge in [-0.3, -0.25) is 4.79 Å². The van der Waals surface area contributed by atoms with Gasteiger partial charge >= 0.3 is 0 Å². The Bertz CT molecular complexity index is 682. The predicted molar refractivity (Wildman–Crippen MR) is 91.7 cm³/mol. The maximum absolute atomic E-state index is 11.9. The minimum Gasteiger partial charge on any atom is -0.372 e. The van der Waals surface area contributed by atoms with Crippen molar-refractivity contribution in [1.82, 2.24) is 4.57 Å². The summed E-state index contributed by atoms with van der Waals surface area (Å²) in [6.45, 7) is 6.29. The molecule has 0 aliphatic carbocycles. The van der Waals surface area contributed by atoms with Crippen LogP contribution >= 0.6 is 11.6 Å². The first-order valence-electron chi connectivity index (χ1n) is 7.75. The number of nitrogens with zero attached hydrogens (tertiary/aromatic N) is 2. The SMILES string of the molecule is Cc1cc(C(=O)CCl)c(C)n1-c1ccc(N2CCCC2)cc1. The van der Waals surface area contributed by atoms with E-state index in [0.29, 0.717) is 0 Å². The number of rotatable bonds is 4. The fourth-order valence-corrected chi connectivity index (χ4v) is 3.45. The van der Waals surface area contributed by atoms with E-state index in [1.54, 1.807) is 0 Å². The van der Waals surface area contributed by atoms with Crippen LogP contribution in [0.5, 0.6) is 0 Å². The summed E-state index contributed by atoms with van der Waals surface area (Å²) in [6, 6.07) is 10.5. The number of ketones is 1. The molecule has 0 N–H and O–H groups in total. The van der Waals surface area contributed by atoms with Crippen molar-refractivity contribution in [2.75, 3.05) is 23.9 Å². The predicted octanol–water partition coefficient (Wildman–Crippen LogP) is 4.12. The first kappa shape index (κ1) is 15.2. The van der Waals surface area contributed by atoms with Crippen molar-refractivity contribution < 1.29 is 4.79 Å². The lowest BCUT2D eigenvalue weighted by Crippen LogP contribution is -2.17. The van der Waals surface area contributed by atoms with Gasteiger partial charge in [-0.2, -0.15) is 0 Å². The molecular formula is C18H21ClN2O. The first-order valence-corrected chi connectivity index (χ1v) is 8.29. The summed E-state index contributed by atoms with van der Waals surface area (Å²) in [4.78, 5) is 14.3. The number of carbonyl (C=O) groups excluding carboxylic acids is 1. The lowest BCUT2D eigenvalue weighted by molar-refractivity contribution is 0.102. The van der Waals surface area contributed by atoms with Crippen molar-refractivity contribution in [3.63, 3.8) is 0 Å². The summed E-state index contributed by atoms with van der Waals surface area (Å²) in [5.74, 6) is 0.00719. The van der Waals surface area contributed by atoms with Crippen LogP contribution < -0.4 is 4.90 Å². The number of Topliss-reactive ketones (excluding diaryl/α,β-unsaturated/α-hetero) is 1. The molecule has 3 rings (SSSR count). The van der Waals surface area contributed by atoms with Crippen LogP contribution in [0.4, 0.5) is 5.69 Å². The number of halogens is 1. The molecule has 116 valence electrons. The van der Waals surface area contributed by atoms with Crippen LogP contribution in [0.15, 0.2) is 30.3 Å². The number of carbonyl (C=O) groups is 1. The van der Waals surface area contributed by atoms with Gasteiger partial charge in [-0.1, -0.05) is 0 Å². The lowest BCUT2D eigenvalue weighted by Gasteiger charge is -2.18. The minimum absolute atomic E-state index is 0.0188. The monoisotopic (exact) mass is 316 g/mol. The van der Waals surface area contributed by atoms with E-state index in [1.807, 2.05) is 19.9 Å². The molecule has 2 heterocycles. The van der Waals surface area contributed by atoms with E-state index < -0.39 is 0 Å². The largest absolute Gasteiger partial charge is 0.372 e. The van der Waals surface area contributed by atoms with Gasteiger partial charge in [-0.25, -0.2) is 0 Å². The number of hydrogen-bond donors (Lipinski definition) is 0. The van der Waals surface area contributed by atoms with Crippen LogP contribution in [-0.4, -0.2) is 29.3 Å². The number of aromatic nitrogens is 1. The zero-order chi connectivity index (χ0) is 15.7. The number of hydrogen-bond acceptors (Lipinski definition) is 2. The third-order valence-electron chi connectivity index (χ3n) is 4.43. The summed E-state index contributed by atoms with van der Waals surface area (Å²) in [5.41, 5.74) is 5.10. The lowest BCUT2D eigenvalue weighted by atomic mass is 10.2. The van der Waals surface area contributed by atoms with E-state index in [4.69, 9.17) is 11.6 Å². The van der Waals surface area contributed by atoms with Crippen LogP contribution in [-0.2, 0) is 0 Å². The molecule has 0 unspecified atom stereocenters. The third kappa shape index (κ3) is 2.66. The Balaban J connectivity index is 1.94. The van der Waals surface area contributed by atoms with Gasteiger partial charge in [0, 0.05) is 41.4 Å². The molecule has 1 aromatic carbocycles. The van der Waals surface area contributed by atoms with Crippen LogP contribution in [0.2, 0.25) is 0 Å². The van der Waals surface area contributed by atoms with Crippen molar-refractivity contribution in [3.8, 4) is 5.69 Å². The number of anilines is 1. The zero-order valence-electron chi connectivity index (χ0n) is 13.1. The highest BCUT2D eigenvalue weighted by atomic mass is 35.5. The molecule has 1 saturated heterocycles. The molecule has 0 amide bonds. The molecule has 0 bridgehead atoms. The van der Waals surface area contributed by atoms with Gasteiger partial charge in [-0.15, -0.1) is 11.6 Å². The molecule has 1 fully saturated rings. The Morgan fingerprint density at radius 1 is 1.09 bits per heavy atom. The molecule has 1 aliphatic heterocycles. The van der Waals surface area contributed by atoms with Gasteiger partial charge in [0.15, 0.2) is 5.78 Å². The zero-order valence-corrected chi connectivity index (χ0v) is 13.9. The van der Waals surface area contributed by atoms with Gasteiger partial charge in [0.2, 0.25) is 0 Å². The molecular weight excluding hydrogens is 296 g/mol. The second-order valence-corrected chi connectivity index (χ2v) is 6.15.